The SMILES string of the molecule is CCS(=O)(=O)c1ccccc1C(=O)NC1CCCCCC1. The Morgan fingerprint density at radius 3 is 2.38 bits per heavy atom. The summed E-state index contributed by atoms with van der Waals surface area (Å²) in [5.41, 5.74) is 0.267. The number of benzene rings is 1. The van der Waals surface area contributed by atoms with Crippen LogP contribution in [0.5, 0.6) is 0 Å². The van der Waals surface area contributed by atoms with E-state index in [-0.39, 0.29) is 28.2 Å². The van der Waals surface area contributed by atoms with Crippen molar-refractivity contribution in [2.24, 2.45) is 0 Å². The van der Waals surface area contributed by atoms with Gasteiger partial charge in [-0.25, -0.2) is 8.42 Å². The van der Waals surface area contributed by atoms with Crippen LogP contribution in [0, 0.1) is 0 Å². The van der Waals surface area contributed by atoms with E-state index >= 15 is 0 Å². The zero-order valence-electron chi connectivity index (χ0n) is 12.5. The summed E-state index contributed by atoms with van der Waals surface area (Å²) in [7, 11) is -3.38. The molecule has 1 N–H and O–H groups in total. The van der Waals surface area contributed by atoms with Gasteiger partial charge in [0.25, 0.3) is 5.91 Å². The molecule has 1 aromatic rings. The lowest BCUT2D eigenvalue weighted by Gasteiger charge is -2.17. The van der Waals surface area contributed by atoms with E-state index in [1.54, 1.807) is 25.1 Å². The predicted molar refractivity (Wildman–Crippen MR) is 83.1 cm³/mol. The lowest BCUT2D eigenvalue weighted by atomic mass is 10.1. The molecule has 1 aliphatic carbocycles. The maximum absolute atomic E-state index is 12.4. The van der Waals surface area contributed by atoms with Crippen molar-refractivity contribution in [3.05, 3.63) is 29.8 Å². The molecule has 0 bridgehead atoms. The summed E-state index contributed by atoms with van der Waals surface area (Å²) >= 11 is 0. The quantitative estimate of drug-likeness (QED) is 0.870. The Bertz CT molecular complexity index is 587. The van der Waals surface area contributed by atoms with Crippen molar-refractivity contribution >= 4 is 15.7 Å². The number of carbonyl (C=O) groups is 1. The summed E-state index contributed by atoms with van der Waals surface area (Å²) in [5.74, 6) is -0.268. The average molecular weight is 309 g/mol. The first-order chi connectivity index (χ1) is 10.0. The summed E-state index contributed by atoms with van der Waals surface area (Å²) in [6, 6.07) is 6.63. The van der Waals surface area contributed by atoms with Gasteiger partial charge in [-0.05, 0) is 25.0 Å². The number of carbonyl (C=O) groups excluding carboxylic acids is 1. The van der Waals surface area contributed by atoms with Crippen LogP contribution in [0.2, 0.25) is 0 Å². The van der Waals surface area contributed by atoms with E-state index in [0.717, 1.165) is 25.7 Å². The molecule has 0 aromatic heterocycles. The Morgan fingerprint density at radius 2 is 1.76 bits per heavy atom. The Balaban J connectivity index is 2.19. The van der Waals surface area contributed by atoms with Gasteiger partial charge in [0, 0.05) is 6.04 Å². The second-order valence-corrected chi connectivity index (χ2v) is 7.81. The minimum absolute atomic E-state index is 0.000716. The van der Waals surface area contributed by atoms with Crippen molar-refractivity contribution in [2.45, 2.75) is 56.4 Å². The fourth-order valence-corrected chi connectivity index (χ4v) is 3.86. The highest BCUT2D eigenvalue weighted by Gasteiger charge is 2.22. The summed E-state index contributed by atoms with van der Waals surface area (Å²) in [4.78, 5) is 12.6. The minimum Gasteiger partial charge on any atom is -0.349 e. The topological polar surface area (TPSA) is 63.2 Å². The molecule has 2 rings (SSSR count). The van der Waals surface area contributed by atoms with Crippen molar-refractivity contribution < 1.29 is 13.2 Å². The lowest BCUT2D eigenvalue weighted by Crippen LogP contribution is -2.35. The van der Waals surface area contributed by atoms with Gasteiger partial charge in [-0.15, -0.1) is 0 Å². The molecular weight excluding hydrogens is 286 g/mol. The molecule has 5 heteroatoms. The van der Waals surface area contributed by atoms with Crippen molar-refractivity contribution in [1.29, 1.82) is 0 Å². The second kappa shape index (κ2) is 7.07. The van der Waals surface area contributed by atoms with Crippen molar-refractivity contribution in [3.63, 3.8) is 0 Å². The van der Waals surface area contributed by atoms with Crippen LogP contribution in [0.25, 0.3) is 0 Å². The monoisotopic (exact) mass is 309 g/mol. The highest BCUT2D eigenvalue weighted by molar-refractivity contribution is 7.91. The van der Waals surface area contributed by atoms with Gasteiger partial charge in [-0.2, -0.15) is 0 Å². The van der Waals surface area contributed by atoms with Crippen molar-refractivity contribution in [3.8, 4) is 0 Å². The molecule has 0 atom stereocenters. The number of sulfone groups is 1. The summed E-state index contributed by atoms with van der Waals surface area (Å²) < 4.78 is 24.2. The third-order valence-electron chi connectivity index (χ3n) is 4.04. The Hall–Kier alpha value is -1.36. The first kappa shape index (κ1) is 16.0. The van der Waals surface area contributed by atoms with Gasteiger partial charge in [0.1, 0.15) is 0 Å². The van der Waals surface area contributed by atoms with Gasteiger partial charge >= 0.3 is 0 Å². The predicted octanol–water partition coefficient (Wildman–Crippen LogP) is 2.93. The molecule has 1 amide bonds. The van der Waals surface area contributed by atoms with Gasteiger partial charge in [0.2, 0.25) is 0 Å². The third-order valence-corrected chi connectivity index (χ3v) is 5.82. The molecule has 0 aliphatic heterocycles. The molecule has 1 fully saturated rings. The normalized spacial score (nSPS) is 17.2. The fraction of sp³-hybridized carbons (Fsp3) is 0.562. The highest BCUT2D eigenvalue weighted by Crippen LogP contribution is 2.20. The van der Waals surface area contributed by atoms with E-state index in [1.165, 1.54) is 18.9 Å². The molecule has 1 aromatic carbocycles. The number of hydrogen-bond acceptors (Lipinski definition) is 3. The summed E-state index contributed by atoms with van der Waals surface area (Å²) in [6.45, 7) is 1.59. The molecular formula is C16H23NO3S. The number of nitrogens with one attached hydrogen (secondary N) is 1. The molecule has 4 nitrogen and oxygen atoms in total. The first-order valence-electron chi connectivity index (χ1n) is 7.67. The van der Waals surface area contributed by atoms with E-state index in [4.69, 9.17) is 0 Å². The van der Waals surface area contributed by atoms with Gasteiger partial charge < -0.3 is 5.32 Å². The van der Waals surface area contributed by atoms with Crippen LogP contribution >= 0.6 is 0 Å². The van der Waals surface area contributed by atoms with Crippen LogP contribution in [-0.2, 0) is 9.84 Å². The lowest BCUT2D eigenvalue weighted by molar-refractivity contribution is 0.0930. The molecule has 0 saturated heterocycles. The number of amides is 1. The Kier molecular flexibility index (Phi) is 5.39. The van der Waals surface area contributed by atoms with E-state index in [0.29, 0.717) is 0 Å². The van der Waals surface area contributed by atoms with E-state index < -0.39 is 9.84 Å². The third kappa shape index (κ3) is 4.06. The van der Waals surface area contributed by atoms with Crippen molar-refractivity contribution in [2.75, 3.05) is 5.75 Å². The van der Waals surface area contributed by atoms with Crippen LogP contribution in [-0.4, -0.2) is 26.1 Å². The van der Waals surface area contributed by atoms with Gasteiger partial charge in [0.05, 0.1) is 16.2 Å². The van der Waals surface area contributed by atoms with E-state index in [9.17, 15) is 13.2 Å². The first-order valence-corrected chi connectivity index (χ1v) is 9.32. The van der Waals surface area contributed by atoms with Gasteiger partial charge in [0.15, 0.2) is 9.84 Å². The van der Waals surface area contributed by atoms with Crippen LogP contribution in [0.1, 0.15) is 55.8 Å². The molecule has 0 spiro atoms. The fourth-order valence-electron chi connectivity index (χ4n) is 2.77. The van der Waals surface area contributed by atoms with Crippen LogP contribution in [0.15, 0.2) is 29.2 Å². The standard InChI is InChI=1S/C16H23NO3S/c1-2-21(19,20)15-12-8-7-11-14(15)16(18)17-13-9-5-3-4-6-10-13/h7-8,11-13H,2-6,9-10H2,1H3,(H,17,18). The van der Waals surface area contributed by atoms with Crippen molar-refractivity contribution in [1.82, 2.24) is 5.32 Å². The van der Waals surface area contributed by atoms with Crippen LogP contribution < -0.4 is 5.32 Å². The highest BCUT2D eigenvalue weighted by atomic mass is 32.2. The molecule has 0 heterocycles. The maximum Gasteiger partial charge on any atom is 0.252 e. The van der Waals surface area contributed by atoms with Gasteiger partial charge in [-0.1, -0.05) is 44.7 Å². The average Bonchev–Trinajstić information content (AvgIpc) is 2.76. The Labute approximate surface area is 126 Å². The van der Waals surface area contributed by atoms with Crippen LogP contribution in [0.4, 0.5) is 0 Å². The zero-order valence-corrected chi connectivity index (χ0v) is 13.3. The number of hydrogen-bond donors (Lipinski definition) is 1. The minimum atomic E-state index is -3.38. The molecule has 21 heavy (non-hydrogen) atoms. The smallest absolute Gasteiger partial charge is 0.252 e. The van der Waals surface area contributed by atoms with Crippen LogP contribution in [0.3, 0.4) is 0 Å². The van der Waals surface area contributed by atoms with E-state index in [1.807, 2.05) is 0 Å². The molecule has 116 valence electrons. The van der Waals surface area contributed by atoms with E-state index in [2.05, 4.69) is 5.32 Å². The molecule has 1 aliphatic rings. The van der Waals surface area contributed by atoms with Gasteiger partial charge in [-0.3, -0.25) is 4.79 Å². The molecule has 1 saturated carbocycles. The summed E-state index contributed by atoms with van der Waals surface area (Å²) in [6.07, 6.45) is 6.64. The summed E-state index contributed by atoms with van der Waals surface area (Å²) in [5, 5.41) is 3.01. The number of rotatable bonds is 4. The largest absolute Gasteiger partial charge is 0.349 e. The molecule has 0 unspecified atom stereocenters. The Morgan fingerprint density at radius 1 is 1.14 bits per heavy atom. The second-order valence-electron chi connectivity index (χ2n) is 5.56. The zero-order chi connectivity index (χ0) is 15.3. The maximum atomic E-state index is 12.4. The molecule has 0 radical (unpaired) electrons.